The van der Waals surface area contributed by atoms with E-state index in [1.807, 2.05) is 6.07 Å². The van der Waals surface area contributed by atoms with Gasteiger partial charge in [0.05, 0.1) is 5.02 Å². The third-order valence-electron chi connectivity index (χ3n) is 3.16. The van der Waals surface area contributed by atoms with Crippen LogP contribution in [0.25, 0.3) is 10.1 Å². The lowest BCUT2D eigenvalue weighted by molar-refractivity contribution is 0.700. The van der Waals surface area contributed by atoms with Crippen molar-refractivity contribution in [2.24, 2.45) is 0 Å². The predicted molar refractivity (Wildman–Crippen MR) is 86.4 cm³/mol. The fraction of sp³-hybridized carbons (Fsp3) is 0.200. The van der Waals surface area contributed by atoms with Gasteiger partial charge in [-0.2, -0.15) is 11.3 Å². The summed E-state index contributed by atoms with van der Waals surface area (Å²) in [5, 5.41) is 9.93. The number of hydrogen-bond acceptors (Lipinski definition) is 3. The highest BCUT2D eigenvalue weighted by Gasteiger charge is 2.09. The minimum absolute atomic E-state index is 0.827. The van der Waals surface area contributed by atoms with Gasteiger partial charge in [0.1, 0.15) is 0 Å². The van der Waals surface area contributed by atoms with Gasteiger partial charge >= 0.3 is 0 Å². The number of fused-ring (bicyclic) bond motifs is 1. The van der Waals surface area contributed by atoms with Gasteiger partial charge in [0.2, 0.25) is 0 Å². The summed E-state index contributed by atoms with van der Waals surface area (Å²) < 4.78 is 1.26. The molecule has 0 saturated heterocycles. The van der Waals surface area contributed by atoms with Crippen LogP contribution >= 0.6 is 34.3 Å². The molecule has 0 aliphatic rings. The Kier molecular flexibility index (Phi) is 3.89. The van der Waals surface area contributed by atoms with E-state index in [-0.39, 0.29) is 0 Å². The van der Waals surface area contributed by atoms with E-state index in [4.69, 9.17) is 11.6 Å². The van der Waals surface area contributed by atoms with E-state index in [1.165, 1.54) is 20.7 Å². The maximum absolute atomic E-state index is 6.42. The van der Waals surface area contributed by atoms with Gasteiger partial charge in [-0.15, -0.1) is 11.3 Å². The Labute approximate surface area is 125 Å². The third kappa shape index (κ3) is 2.70. The molecule has 0 bridgehead atoms. The van der Waals surface area contributed by atoms with Gasteiger partial charge < -0.3 is 5.32 Å². The molecule has 0 unspecified atom stereocenters. The molecule has 3 rings (SSSR count). The van der Waals surface area contributed by atoms with Crippen molar-refractivity contribution < 1.29 is 0 Å². The molecule has 1 nitrogen and oxygen atoms in total. The van der Waals surface area contributed by atoms with Crippen LogP contribution in [-0.2, 0) is 13.1 Å². The average Bonchev–Trinajstić information content (AvgIpc) is 2.96. The number of hydrogen-bond donors (Lipinski definition) is 1. The van der Waals surface area contributed by atoms with Crippen LogP contribution < -0.4 is 5.32 Å². The van der Waals surface area contributed by atoms with E-state index in [9.17, 15) is 0 Å². The van der Waals surface area contributed by atoms with Crippen LogP contribution in [0.2, 0.25) is 5.02 Å². The second-order valence-electron chi connectivity index (χ2n) is 4.52. The molecule has 4 heteroatoms. The standard InChI is InChI=1S/C15H14ClNS2/c1-10-8-18-9-11(10)6-17-7-14-15(16)12-4-2-3-5-13(12)19-14/h2-5,8-9,17H,6-7H2,1H3. The highest BCUT2D eigenvalue weighted by atomic mass is 35.5. The molecule has 1 aromatic carbocycles. The second-order valence-corrected chi connectivity index (χ2v) is 6.78. The molecule has 0 radical (unpaired) electrons. The zero-order valence-electron chi connectivity index (χ0n) is 10.6. The maximum atomic E-state index is 6.42. The number of nitrogens with one attached hydrogen (secondary N) is 1. The number of halogens is 1. The van der Waals surface area contributed by atoms with E-state index in [1.54, 1.807) is 22.7 Å². The minimum atomic E-state index is 0.827. The van der Waals surface area contributed by atoms with Crippen LogP contribution in [-0.4, -0.2) is 0 Å². The Balaban J connectivity index is 1.72. The van der Waals surface area contributed by atoms with Gasteiger partial charge in [-0.3, -0.25) is 0 Å². The van der Waals surface area contributed by atoms with Gasteiger partial charge in [-0.05, 0) is 34.9 Å². The molecule has 0 atom stereocenters. The lowest BCUT2D eigenvalue weighted by Gasteiger charge is -2.03. The summed E-state index contributed by atoms with van der Waals surface area (Å²) in [7, 11) is 0. The van der Waals surface area contributed by atoms with Crippen molar-refractivity contribution >= 4 is 44.4 Å². The predicted octanol–water partition coefficient (Wildman–Crippen LogP) is 5.21. The average molecular weight is 308 g/mol. The molecule has 0 aliphatic carbocycles. The summed E-state index contributed by atoms with van der Waals surface area (Å²) in [5.74, 6) is 0. The highest BCUT2D eigenvalue weighted by Crippen LogP contribution is 2.35. The fourth-order valence-corrected chi connectivity index (χ4v) is 4.38. The third-order valence-corrected chi connectivity index (χ3v) is 5.79. The zero-order chi connectivity index (χ0) is 13.2. The molecule has 98 valence electrons. The van der Waals surface area contributed by atoms with E-state index in [0.717, 1.165) is 23.5 Å². The van der Waals surface area contributed by atoms with Gasteiger partial charge in [0.15, 0.2) is 0 Å². The van der Waals surface area contributed by atoms with Crippen molar-refractivity contribution in [1.82, 2.24) is 5.32 Å². The fourth-order valence-electron chi connectivity index (χ4n) is 2.06. The van der Waals surface area contributed by atoms with Crippen LogP contribution in [0.15, 0.2) is 35.0 Å². The number of benzene rings is 1. The summed E-state index contributed by atoms with van der Waals surface area (Å²) in [6.07, 6.45) is 0. The molecular weight excluding hydrogens is 294 g/mol. The summed E-state index contributed by atoms with van der Waals surface area (Å²) in [5.41, 5.74) is 2.74. The minimum Gasteiger partial charge on any atom is -0.308 e. The molecular formula is C15H14ClNS2. The normalized spacial score (nSPS) is 11.3. The quantitative estimate of drug-likeness (QED) is 0.697. The highest BCUT2D eigenvalue weighted by molar-refractivity contribution is 7.19. The van der Waals surface area contributed by atoms with E-state index in [0.29, 0.717) is 0 Å². The first-order valence-corrected chi connectivity index (χ1v) is 8.27. The van der Waals surface area contributed by atoms with Crippen LogP contribution in [0, 0.1) is 6.92 Å². The lowest BCUT2D eigenvalue weighted by atomic mass is 10.2. The Morgan fingerprint density at radius 1 is 1.16 bits per heavy atom. The molecule has 0 spiro atoms. The Bertz CT molecular complexity index is 699. The van der Waals surface area contributed by atoms with Crippen LogP contribution in [0.5, 0.6) is 0 Å². The zero-order valence-corrected chi connectivity index (χ0v) is 13.0. The van der Waals surface area contributed by atoms with Crippen molar-refractivity contribution in [3.8, 4) is 0 Å². The first-order valence-electron chi connectivity index (χ1n) is 6.14. The summed E-state index contributed by atoms with van der Waals surface area (Å²) in [6.45, 7) is 3.88. The van der Waals surface area contributed by atoms with Crippen LogP contribution in [0.4, 0.5) is 0 Å². The molecule has 19 heavy (non-hydrogen) atoms. The van der Waals surface area contributed by atoms with Crippen molar-refractivity contribution in [1.29, 1.82) is 0 Å². The van der Waals surface area contributed by atoms with Crippen molar-refractivity contribution in [2.75, 3.05) is 0 Å². The number of rotatable bonds is 4. The van der Waals surface area contributed by atoms with Gasteiger partial charge in [0, 0.05) is 28.1 Å². The number of thiophene rings is 2. The lowest BCUT2D eigenvalue weighted by Crippen LogP contribution is -2.12. The first kappa shape index (κ1) is 13.1. The van der Waals surface area contributed by atoms with E-state index >= 15 is 0 Å². The molecule has 0 amide bonds. The summed E-state index contributed by atoms with van der Waals surface area (Å²) >= 11 is 9.95. The Hall–Kier alpha value is -0.870. The van der Waals surface area contributed by atoms with Crippen molar-refractivity contribution in [3.63, 3.8) is 0 Å². The molecule has 0 aliphatic heterocycles. The molecule has 3 aromatic rings. The largest absolute Gasteiger partial charge is 0.308 e. The Morgan fingerprint density at radius 3 is 2.74 bits per heavy atom. The monoisotopic (exact) mass is 307 g/mol. The molecule has 0 saturated carbocycles. The Morgan fingerprint density at radius 2 is 2.00 bits per heavy atom. The smallest absolute Gasteiger partial charge is 0.0636 e. The SMILES string of the molecule is Cc1cscc1CNCc1sc2ccccc2c1Cl. The summed E-state index contributed by atoms with van der Waals surface area (Å²) in [4.78, 5) is 1.22. The summed E-state index contributed by atoms with van der Waals surface area (Å²) in [6, 6.07) is 8.30. The van der Waals surface area contributed by atoms with Gasteiger partial charge in [-0.1, -0.05) is 29.8 Å². The van der Waals surface area contributed by atoms with Crippen molar-refractivity contribution in [2.45, 2.75) is 20.0 Å². The molecule has 0 fully saturated rings. The second kappa shape index (κ2) is 5.63. The first-order chi connectivity index (χ1) is 9.25. The molecule has 2 aromatic heterocycles. The molecule has 1 N–H and O–H groups in total. The van der Waals surface area contributed by atoms with Crippen LogP contribution in [0.3, 0.4) is 0 Å². The van der Waals surface area contributed by atoms with Gasteiger partial charge in [-0.25, -0.2) is 0 Å². The number of aryl methyl sites for hydroxylation is 1. The maximum Gasteiger partial charge on any atom is 0.0636 e. The van der Waals surface area contributed by atoms with Crippen LogP contribution in [0.1, 0.15) is 16.0 Å². The van der Waals surface area contributed by atoms with E-state index in [2.05, 4.69) is 41.2 Å². The van der Waals surface area contributed by atoms with E-state index < -0.39 is 0 Å². The van der Waals surface area contributed by atoms with Crippen molar-refractivity contribution in [3.05, 3.63) is 56.1 Å². The molecule has 2 heterocycles. The van der Waals surface area contributed by atoms with Gasteiger partial charge in [0.25, 0.3) is 0 Å². The topological polar surface area (TPSA) is 12.0 Å².